The molecule has 0 amide bonds. The summed E-state index contributed by atoms with van der Waals surface area (Å²) in [4.78, 5) is 11.7. The predicted octanol–water partition coefficient (Wildman–Crippen LogP) is 3.08. The summed E-state index contributed by atoms with van der Waals surface area (Å²) >= 11 is 0. The predicted molar refractivity (Wildman–Crippen MR) is 70.6 cm³/mol. The highest BCUT2D eigenvalue weighted by Gasteiger charge is 2.14. The van der Waals surface area contributed by atoms with E-state index in [1.165, 1.54) is 12.1 Å². The number of nitrogens with zero attached hydrogens (tertiary/aromatic N) is 2. The number of aryl methyl sites for hydroxylation is 1. The molecule has 4 nitrogen and oxygen atoms in total. The van der Waals surface area contributed by atoms with Crippen molar-refractivity contribution in [1.29, 1.82) is 0 Å². The number of halogens is 1. The minimum Gasteiger partial charge on any atom is -0.480 e. The largest absolute Gasteiger partial charge is 0.480 e. The molecule has 2 heterocycles. The van der Waals surface area contributed by atoms with Crippen molar-refractivity contribution >= 4 is 11.0 Å². The zero-order chi connectivity index (χ0) is 13.4. The summed E-state index contributed by atoms with van der Waals surface area (Å²) in [6.45, 7) is 1.81. The van der Waals surface area contributed by atoms with E-state index in [1.54, 1.807) is 26.2 Å². The normalized spacial score (nSPS) is 10.9. The van der Waals surface area contributed by atoms with Gasteiger partial charge in [-0.15, -0.1) is 0 Å². The average Bonchev–Trinajstić information content (AvgIpc) is 2.82. The number of H-pyrrole nitrogens is 1. The first-order valence-corrected chi connectivity index (χ1v) is 5.84. The van der Waals surface area contributed by atoms with Crippen LogP contribution < -0.4 is 4.74 Å². The van der Waals surface area contributed by atoms with Crippen LogP contribution in [0.3, 0.4) is 0 Å². The van der Waals surface area contributed by atoms with Gasteiger partial charge in [-0.1, -0.05) is 12.1 Å². The lowest BCUT2D eigenvalue weighted by Gasteiger charge is -2.04. The molecule has 0 fully saturated rings. The lowest BCUT2D eigenvalue weighted by atomic mass is 10.1. The molecule has 1 aromatic carbocycles. The Labute approximate surface area is 109 Å². The van der Waals surface area contributed by atoms with Crippen LogP contribution in [0.15, 0.2) is 30.5 Å². The van der Waals surface area contributed by atoms with Crippen LogP contribution in [0.4, 0.5) is 4.39 Å². The van der Waals surface area contributed by atoms with Crippen LogP contribution in [0.1, 0.15) is 5.82 Å². The molecule has 0 unspecified atom stereocenters. The second-order valence-corrected chi connectivity index (χ2v) is 4.21. The van der Waals surface area contributed by atoms with Crippen LogP contribution in [0, 0.1) is 12.7 Å². The van der Waals surface area contributed by atoms with Gasteiger partial charge in [0, 0.05) is 11.8 Å². The maximum atomic E-state index is 13.0. The van der Waals surface area contributed by atoms with Crippen molar-refractivity contribution in [2.24, 2.45) is 0 Å². The van der Waals surface area contributed by atoms with E-state index < -0.39 is 0 Å². The van der Waals surface area contributed by atoms with E-state index >= 15 is 0 Å². The highest BCUT2D eigenvalue weighted by Crippen LogP contribution is 2.33. The van der Waals surface area contributed by atoms with Crippen molar-refractivity contribution in [3.8, 4) is 17.0 Å². The van der Waals surface area contributed by atoms with Crippen molar-refractivity contribution in [2.45, 2.75) is 6.92 Å². The first kappa shape index (κ1) is 11.6. The number of fused-ring (bicyclic) bond motifs is 1. The summed E-state index contributed by atoms with van der Waals surface area (Å²) in [5.74, 6) is 0.891. The van der Waals surface area contributed by atoms with E-state index in [1.807, 2.05) is 6.20 Å². The molecule has 0 spiro atoms. The fourth-order valence-electron chi connectivity index (χ4n) is 2.11. The summed E-state index contributed by atoms with van der Waals surface area (Å²) in [5, 5.41) is 0.805. The van der Waals surface area contributed by atoms with Gasteiger partial charge in [0.15, 0.2) is 0 Å². The van der Waals surface area contributed by atoms with Crippen LogP contribution >= 0.6 is 0 Å². The average molecular weight is 257 g/mol. The summed E-state index contributed by atoms with van der Waals surface area (Å²) in [6.07, 6.45) is 1.83. The lowest BCUT2D eigenvalue weighted by Crippen LogP contribution is -1.94. The Morgan fingerprint density at radius 2 is 1.89 bits per heavy atom. The SMILES string of the molecule is COc1nc(C)nc2[nH]cc(-c3ccc(F)cc3)c12. The monoisotopic (exact) mass is 257 g/mol. The van der Waals surface area contributed by atoms with Crippen molar-refractivity contribution in [3.05, 3.63) is 42.1 Å². The minimum atomic E-state index is -0.261. The zero-order valence-corrected chi connectivity index (χ0v) is 10.6. The number of nitrogens with one attached hydrogen (secondary N) is 1. The van der Waals surface area contributed by atoms with Crippen LogP contribution in [0.25, 0.3) is 22.2 Å². The number of hydrogen-bond acceptors (Lipinski definition) is 3. The van der Waals surface area contributed by atoms with Gasteiger partial charge in [-0.05, 0) is 24.6 Å². The molecule has 96 valence electrons. The van der Waals surface area contributed by atoms with Crippen LogP contribution in [-0.2, 0) is 0 Å². The van der Waals surface area contributed by atoms with Gasteiger partial charge in [0.1, 0.15) is 17.3 Å². The number of methoxy groups -OCH3 is 1. The number of benzene rings is 1. The number of aromatic amines is 1. The van der Waals surface area contributed by atoms with E-state index in [2.05, 4.69) is 15.0 Å². The molecule has 0 aliphatic rings. The highest BCUT2D eigenvalue weighted by atomic mass is 19.1. The molecular weight excluding hydrogens is 245 g/mol. The van der Waals surface area contributed by atoms with E-state index in [4.69, 9.17) is 4.74 Å². The van der Waals surface area contributed by atoms with Crippen molar-refractivity contribution in [1.82, 2.24) is 15.0 Å². The lowest BCUT2D eigenvalue weighted by molar-refractivity contribution is 0.401. The summed E-state index contributed by atoms with van der Waals surface area (Å²) in [7, 11) is 1.57. The van der Waals surface area contributed by atoms with Gasteiger partial charge in [-0.25, -0.2) is 9.37 Å². The molecule has 3 rings (SSSR count). The molecule has 0 radical (unpaired) electrons. The summed E-state index contributed by atoms with van der Waals surface area (Å²) < 4.78 is 18.3. The van der Waals surface area contributed by atoms with Gasteiger partial charge in [-0.2, -0.15) is 4.98 Å². The second kappa shape index (κ2) is 4.35. The van der Waals surface area contributed by atoms with Gasteiger partial charge in [0.05, 0.1) is 12.5 Å². The van der Waals surface area contributed by atoms with Crippen LogP contribution in [-0.4, -0.2) is 22.1 Å². The van der Waals surface area contributed by atoms with Gasteiger partial charge < -0.3 is 9.72 Å². The third-order valence-electron chi connectivity index (χ3n) is 2.96. The topological polar surface area (TPSA) is 50.8 Å². The summed E-state index contributed by atoms with van der Waals surface area (Å²) in [5.41, 5.74) is 2.49. The Balaban J connectivity index is 2.27. The Bertz CT molecular complexity index is 734. The molecule has 0 saturated carbocycles. The Hall–Kier alpha value is -2.43. The van der Waals surface area contributed by atoms with Crippen LogP contribution in [0.5, 0.6) is 5.88 Å². The zero-order valence-electron chi connectivity index (χ0n) is 10.6. The molecule has 5 heteroatoms. The number of rotatable bonds is 2. The molecule has 2 aromatic heterocycles. The van der Waals surface area contributed by atoms with Gasteiger partial charge in [-0.3, -0.25) is 0 Å². The van der Waals surface area contributed by atoms with Crippen molar-refractivity contribution in [2.75, 3.05) is 7.11 Å². The fourth-order valence-corrected chi connectivity index (χ4v) is 2.11. The number of aromatic nitrogens is 3. The van der Waals surface area contributed by atoms with Gasteiger partial charge in [0.25, 0.3) is 0 Å². The van der Waals surface area contributed by atoms with Gasteiger partial charge in [0.2, 0.25) is 5.88 Å². The highest BCUT2D eigenvalue weighted by molar-refractivity contribution is 5.97. The molecule has 0 bridgehead atoms. The molecule has 1 N–H and O–H groups in total. The first-order chi connectivity index (χ1) is 9.19. The Morgan fingerprint density at radius 3 is 2.58 bits per heavy atom. The Morgan fingerprint density at radius 1 is 1.16 bits per heavy atom. The van der Waals surface area contributed by atoms with Crippen molar-refractivity contribution in [3.63, 3.8) is 0 Å². The second-order valence-electron chi connectivity index (χ2n) is 4.21. The first-order valence-electron chi connectivity index (χ1n) is 5.84. The van der Waals surface area contributed by atoms with E-state index in [0.717, 1.165) is 16.5 Å². The maximum Gasteiger partial charge on any atom is 0.226 e. The van der Waals surface area contributed by atoms with Crippen LogP contribution in [0.2, 0.25) is 0 Å². The number of ether oxygens (including phenoxy) is 1. The molecule has 0 saturated heterocycles. The third-order valence-corrected chi connectivity index (χ3v) is 2.96. The minimum absolute atomic E-state index is 0.261. The molecule has 0 aliphatic heterocycles. The molecular formula is C14H12FN3O. The standard InChI is InChI=1S/C14H12FN3O/c1-8-17-13-12(14(18-8)19-2)11(7-16-13)9-3-5-10(15)6-4-9/h3-7H,1-2H3,(H,16,17,18). The smallest absolute Gasteiger partial charge is 0.226 e. The number of hydrogen-bond donors (Lipinski definition) is 1. The fraction of sp³-hybridized carbons (Fsp3) is 0.143. The van der Waals surface area contributed by atoms with Gasteiger partial charge >= 0.3 is 0 Å². The molecule has 0 atom stereocenters. The molecule has 0 aliphatic carbocycles. The molecule has 19 heavy (non-hydrogen) atoms. The van der Waals surface area contributed by atoms with E-state index in [0.29, 0.717) is 17.4 Å². The maximum absolute atomic E-state index is 13.0. The quantitative estimate of drug-likeness (QED) is 0.767. The Kier molecular flexibility index (Phi) is 2.67. The third kappa shape index (κ3) is 1.93. The van der Waals surface area contributed by atoms with E-state index in [-0.39, 0.29) is 5.82 Å². The van der Waals surface area contributed by atoms with Crippen molar-refractivity contribution < 1.29 is 9.13 Å². The van der Waals surface area contributed by atoms with E-state index in [9.17, 15) is 4.39 Å². The molecule has 3 aromatic rings. The summed E-state index contributed by atoms with van der Waals surface area (Å²) in [6, 6.07) is 6.29.